The van der Waals surface area contributed by atoms with Crippen molar-refractivity contribution in [3.05, 3.63) is 35.4 Å². The predicted octanol–water partition coefficient (Wildman–Crippen LogP) is 2.72. The Bertz CT molecular complexity index is 327. The summed E-state index contributed by atoms with van der Waals surface area (Å²) in [6.07, 6.45) is 2.76. The van der Waals surface area contributed by atoms with Gasteiger partial charge < -0.3 is 10.1 Å². The van der Waals surface area contributed by atoms with E-state index in [-0.39, 0.29) is 0 Å². The average Bonchev–Trinajstić information content (AvgIpc) is 3.00. The minimum absolute atomic E-state index is 0.593. The number of hydrogen-bond acceptors (Lipinski definition) is 2. The second-order valence-electron chi connectivity index (χ2n) is 5.16. The monoisotopic (exact) mass is 219 g/mol. The van der Waals surface area contributed by atoms with Gasteiger partial charge in [-0.15, -0.1) is 0 Å². The van der Waals surface area contributed by atoms with Crippen LogP contribution in [0.25, 0.3) is 0 Å². The van der Waals surface area contributed by atoms with Gasteiger partial charge in [-0.1, -0.05) is 31.2 Å². The summed E-state index contributed by atoms with van der Waals surface area (Å²) in [7, 11) is 1.73. The molecule has 0 atom stereocenters. The second-order valence-corrected chi connectivity index (χ2v) is 5.16. The highest BCUT2D eigenvalue weighted by molar-refractivity contribution is 5.21. The first-order valence-corrected chi connectivity index (χ1v) is 5.99. The van der Waals surface area contributed by atoms with Crippen LogP contribution in [0, 0.1) is 5.41 Å². The maximum atomic E-state index is 5.09. The smallest absolute Gasteiger partial charge is 0.0713 e. The molecule has 88 valence electrons. The van der Waals surface area contributed by atoms with Crippen LogP contribution in [0.15, 0.2) is 24.3 Å². The summed E-state index contributed by atoms with van der Waals surface area (Å²) in [5, 5.41) is 3.52. The lowest BCUT2D eigenvalue weighted by atomic mass is 10.1. The molecule has 2 heteroatoms. The summed E-state index contributed by atoms with van der Waals surface area (Å²) in [4.78, 5) is 0. The maximum absolute atomic E-state index is 5.09. The summed E-state index contributed by atoms with van der Waals surface area (Å²) in [6.45, 7) is 5.17. The number of hydrogen-bond donors (Lipinski definition) is 1. The Kier molecular flexibility index (Phi) is 3.62. The van der Waals surface area contributed by atoms with Gasteiger partial charge in [0, 0.05) is 20.2 Å². The molecule has 0 bridgehead atoms. The van der Waals surface area contributed by atoms with Gasteiger partial charge in [0.05, 0.1) is 6.61 Å². The van der Waals surface area contributed by atoms with Crippen LogP contribution in [-0.2, 0) is 17.9 Å². The Balaban J connectivity index is 1.76. The Morgan fingerprint density at radius 1 is 1.19 bits per heavy atom. The minimum atomic E-state index is 0.593. The normalized spacial score (nSPS) is 17.4. The quantitative estimate of drug-likeness (QED) is 0.794. The van der Waals surface area contributed by atoms with Gasteiger partial charge in [-0.3, -0.25) is 0 Å². The number of nitrogens with one attached hydrogen (secondary N) is 1. The summed E-state index contributed by atoms with van der Waals surface area (Å²) in [5.74, 6) is 0. The van der Waals surface area contributed by atoms with Gasteiger partial charge in [-0.2, -0.15) is 0 Å². The molecule has 1 fully saturated rings. The molecule has 0 amide bonds. The molecule has 2 rings (SSSR count). The zero-order valence-electron chi connectivity index (χ0n) is 10.3. The Labute approximate surface area is 98.0 Å². The fourth-order valence-electron chi connectivity index (χ4n) is 1.82. The highest BCUT2D eigenvalue weighted by atomic mass is 16.5. The van der Waals surface area contributed by atoms with Crippen molar-refractivity contribution in [2.75, 3.05) is 13.7 Å². The van der Waals surface area contributed by atoms with Crippen molar-refractivity contribution in [3.8, 4) is 0 Å². The molecule has 0 saturated heterocycles. The molecule has 1 aromatic rings. The Morgan fingerprint density at radius 2 is 1.81 bits per heavy atom. The van der Waals surface area contributed by atoms with Crippen LogP contribution >= 0.6 is 0 Å². The van der Waals surface area contributed by atoms with Gasteiger partial charge in [0.15, 0.2) is 0 Å². The Morgan fingerprint density at radius 3 is 2.38 bits per heavy atom. The van der Waals surface area contributed by atoms with Crippen LogP contribution in [0.5, 0.6) is 0 Å². The summed E-state index contributed by atoms with van der Waals surface area (Å²) in [5.41, 5.74) is 3.18. The lowest BCUT2D eigenvalue weighted by Crippen LogP contribution is -2.21. The van der Waals surface area contributed by atoms with E-state index in [1.807, 2.05) is 0 Å². The average molecular weight is 219 g/mol. The molecule has 0 radical (unpaired) electrons. The first-order valence-electron chi connectivity index (χ1n) is 5.99. The fraction of sp³-hybridized carbons (Fsp3) is 0.571. The SMILES string of the molecule is COCc1ccc(CNCC2(C)CC2)cc1. The van der Waals surface area contributed by atoms with Crippen molar-refractivity contribution in [2.24, 2.45) is 5.41 Å². The van der Waals surface area contributed by atoms with Crippen LogP contribution in [0.3, 0.4) is 0 Å². The third kappa shape index (κ3) is 3.32. The van der Waals surface area contributed by atoms with E-state index in [0.29, 0.717) is 12.0 Å². The molecule has 0 aliphatic heterocycles. The van der Waals surface area contributed by atoms with Gasteiger partial charge in [0.2, 0.25) is 0 Å². The molecule has 1 aliphatic rings. The third-order valence-electron chi connectivity index (χ3n) is 3.32. The molecule has 1 aliphatic carbocycles. The van der Waals surface area contributed by atoms with Crippen molar-refractivity contribution in [1.29, 1.82) is 0 Å². The summed E-state index contributed by atoms with van der Waals surface area (Å²) in [6, 6.07) is 8.63. The van der Waals surface area contributed by atoms with E-state index in [1.165, 1.54) is 24.0 Å². The van der Waals surface area contributed by atoms with E-state index in [0.717, 1.165) is 13.1 Å². The third-order valence-corrected chi connectivity index (χ3v) is 3.32. The van der Waals surface area contributed by atoms with Crippen LogP contribution in [0.1, 0.15) is 30.9 Å². The molecular weight excluding hydrogens is 198 g/mol. The van der Waals surface area contributed by atoms with Gasteiger partial charge in [-0.25, -0.2) is 0 Å². The number of benzene rings is 1. The molecule has 1 N–H and O–H groups in total. The fourth-order valence-corrected chi connectivity index (χ4v) is 1.82. The van der Waals surface area contributed by atoms with Gasteiger partial charge >= 0.3 is 0 Å². The Hall–Kier alpha value is -0.860. The van der Waals surface area contributed by atoms with Crippen molar-refractivity contribution in [3.63, 3.8) is 0 Å². The lowest BCUT2D eigenvalue weighted by molar-refractivity contribution is 0.185. The molecular formula is C14H21NO. The zero-order valence-corrected chi connectivity index (χ0v) is 10.3. The van der Waals surface area contributed by atoms with E-state index in [1.54, 1.807) is 7.11 Å². The number of methoxy groups -OCH3 is 1. The van der Waals surface area contributed by atoms with Gasteiger partial charge in [0.1, 0.15) is 0 Å². The van der Waals surface area contributed by atoms with Crippen molar-refractivity contribution in [2.45, 2.75) is 32.9 Å². The number of ether oxygens (including phenoxy) is 1. The van der Waals surface area contributed by atoms with E-state index < -0.39 is 0 Å². The van der Waals surface area contributed by atoms with Crippen LogP contribution in [0.4, 0.5) is 0 Å². The first kappa shape index (κ1) is 11.6. The topological polar surface area (TPSA) is 21.3 Å². The van der Waals surface area contributed by atoms with E-state index in [4.69, 9.17) is 4.74 Å². The van der Waals surface area contributed by atoms with E-state index in [2.05, 4.69) is 36.5 Å². The molecule has 1 saturated carbocycles. The highest BCUT2D eigenvalue weighted by Gasteiger charge is 2.36. The van der Waals surface area contributed by atoms with Gasteiger partial charge in [-0.05, 0) is 29.4 Å². The van der Waals surface area contributed by atoms with Crippen LogP contribution < -0.4 is 5.32 Å². The van der Waals surface area contributed by atoms with Crippen molar-refractivity contribution in [1.82, 2.24) is 5.32 Å². The molecule has 0 spiro atoms. The van der Waals surface area contributed by atoms with Crippen molar-refractivity contribution < 1.29 is 4.74 Å². The largest absolute Gasteiger partial charge is 0.380 e. The van der Waals surface area contributed by atoms with Crippen LogP contribution in [0.2, 0.25) is 0 Å². The molecule has 0 unspecified atom stereocenters. The second kappa shape index (κ2) is 4.98. The number of rotatable bonds is 6. The van der Waals surface area contributed by atoms with Crippen molar-refractivity contribution >= 4 is 0 Å². The molecule has 1 aromatic carbocycles. The molecule has 0 aromatic heterocycles. The summed E-state index contributed by atoms with van der Waals surface area (Å²) < 4.78 is 5.09. The highest BCUT2D eigenvalue weighted by Crippen LogP contribution is 2.44. The molecule has 16 heavy (non-hydrogen) atoms. The van der Waals surface area contributed by atoms with E-state index in [9.17, 15) is 0 Å². The first-order chi connectivity index (χ1) is 7.72. The standard InChI is InChI=1S/C14H21NO/c1-14(7-8-14)11-15-9-12-3-5-13(6-4-12)10-16-2/h3-6,15H,7-11H2,1-2H3. The molecule has 0 heterocycles. The van der Waals surface area contributed by atoms with Gasteiger partial charge in [0.25, 0.3) is 0 Å². The van der Waals surface area contributed by atoms with E-state index >= 15 is 0 Å². The maximum Gasteiger partial charge on any atom is 0.0713 e. The minimum Gasteiger partial charge on any atom is -0.380 e. The predicted molar refractivity (Wildman–Crippen MR) is 66.2 cm³/mol. The van der Waals surface area contributed by atoms with Crippen LogP contribution in [-0.4, -0.2) is 13.7 Å². The lowest BCUT2D eigenvalue weighted by Gasteiger charge is -2.10. The molecule has 2 nitrogen and oxygen atoms in total. The summed E-state index contributed by atoms with van der Waals surface area (Å²) >= 11 is 0. The zero-order chi connectivity index (χ0) is 11.4.